The molecule has 2 fully saturated rings. The first-order chi connectivity index (χ1) is 8.16. The lowest BCUT2D eigenvalue weighted by atomic mass is 9.79. The Labute approximate surface area is 107 Å². The summed E-state index contributed by atoms with van der Waals surface area (Å²) in [5.41, 5.74) is 0. The molecule has 2 aliphatic rings. The van der Waals surface area contributed by atoms with Gasteiger partial charge in [-0.25, -0.2) is 0 Å². The van der Waals surface area contributed by atoms with Gasteiger partial charge in [0, 0.05) is 18.6 Å². The van der Waals surface area contributed by atoms with E-state index in [0.717, 1.165) is 23.9 Å². The van der Waals surface area contributed by atoms with E-state index in [4.69, 9.17) is 0 Å². The molecule has 0 aromatic carbocycles. The Kier molecular flexibility index (Phi) is 4.87. The van der Waals surface area contributed by atoms with Crippen LogP contribution in [0, 0.1) is 11.8 Å². The maximum atomic E-state index is 3.81. The summed E-state index contributed by atoms with van der Waals surface area (Å²) in [6, 6.07) is 1.51. The topological polar surface area (TPSA) is 15.3 Å². The van der Waals surface area contributed by atoms with Crippen molar-refractivity contribution in [2.24, 2.45) is 11.8 Å². The first-order valence-corrected chi connectivity index (χ1v) is 7.64. The second-order valence-corrected chi connectivity index (χ2v) is 6.46. The normalized spacial score (nSPS) is 37.2. The molecule has 1 aliphatic heterocycles. The summed E-state index contributed by atoms with van der Waals surface area (Å²) in [6.45, 7) is 11.0. The monoisotopic (exact) mass is 238 g/mol. The quantitative estimate of drug-likeness (QED) is 0.810. The number of nitrogens with one attached hydrogen (secondary N) is 1. The highest BCUT2D eigenvalue weighted by molar-refractivity contribution is 4.82. The van der Waals surface area contributed by atoms with Crippen molar-refractivity contribution in [2.45, 2.75) is 65.0 Å². The molecule has 100 valence electrons. The Hall–Kier alpha value is -0.0800. The van der Waals surface area contributed by atoms with Gasteiger partial charge in [0.25, 0.3) is 0 Å². The van der Waals surface area contributed by atoms with Crippen molar-refractivity contribution in [3.05, 3.63) is 0 Å². The lowest BCUT2D eigenvalue weighted by Crippen LogP contribution is -2.44. The van der Waals surface area contributed by atoms with E-state index < -0.39 is 0 Å². The Morgan fingerprint density at radius 1 is 1.12 bits per heavy atom. The summed E-state index contributed by atoms with van der Waals surface area (Å²) in [5.74, 6) is 1.84. The fourth-order valence-electron chi connectivity index (χ4n) is 3.38. The second kappa shape index (κ2) is 6.19. The molecule has 4 atom stereocenters. The van der Waals surface area contributed by atoms with Gasteiger partial charge in [-0.2, -0.15) is 0 Å². The molecular formula is C15H30N2. The minimum Gasteiger partial charge on any atom is -0.312 e. The van der Waals surface area contributed by atoms with Crippen LogP contribution in [0.3, 0.4) is 0 Å². The van der Waals surface area contributed by atoms with E-state index in [9.17, 15) is 0 Å². The highest BCUT2D eigenvalue weighted by Crippen LogP contribution is 2.29. The number of hydrogen-bond donors (Lipinski definition) is 1. The summed E-state index contributed by atoms with van der Waals surface area (Å²) < 4.78 is 0. The van der Waals surface area contributed by atoms with Crippen molar-refractivity contribution < 1.29 is 0 Å². The Bertz CT molecular complexity index is 223. The molecule has 2 heteroatoms. The molecule has 1 heterocycles. The smallest absolute Gasteiger partial charge is 0.0192 e. The number of hydrogen-bond acceptors (Lipinski definition) is 2. The van der Waals surface area contributed by atoms with Crippen molar-refractivity contribution in [1.29, 1.82) is 0 Å². The van der Waals surface area contributed by atoms with Crippen molar-refractivity contribution >= 4 is 0 Å². The first-order valence-electron chi connectivity index (χ1n) is 7.64. The van der Waals surface area contributed by atoms with Gasteiger partial charge in [0.1, 0.15) is 0 Å². The third-order valence-electron chi connectivity index (χ3n) is 5.06. The average molecular weight is 238 g/mol. The summed E-state index contributed by atoms with van der Waals surface area (Å²) in [5, 5.41) is 3.81. The van der Waals surface area contributed by atoms with E-state index in [0.29, 0.717) is 0 Å². The molecule has 0 amide bonds. The fourth-order valence-corrected chi connectivity index (χ4v) is 3.38. The molecule has 1 saturated carbocycles. The van der Waals surface area contributed by atoms with Crippen LogP contribution in [0.4, 0.5) is 0 Å². The van der Waals surface area contributed by atoms with E-state index in [1.54, 1.807) is 0 Å². The molecule has 0 aromatic rings. The van der Waals surface area contributed by atoms with Gasteiger partial charge in [-0.05, 0) is 64.0 Å². The summed E-state index contributed by atoms with van der Waals surface area (Å²) in [4.78, 5) is 2.64. The van der Waals surface area contributed by atoms with Crippen LogP contribution >= 0.6 is 0 Å². The fraction of sp³-hybridized carbons (Fsp3) is 1.00. The van der Waals surface area contributed by atoms with Gasteiger partial charge in [0.2, 0.25) is 0 Å². The summed E-state index contributed by atoms with van der Waals surface area (Å²) in [7, 11) is 0. The lowest BCUT2D eigenvalue weighted by molar-refractivity contribution is 0.201. The minimum atomic E-state index is 0.729. The highest BCUT2D eigenvalue weighted by Gasteiger charge is 2.25. The van der Waals surface area contributed by atoms with Crippen LogP contribution in [0.25, 0.3) is 0 Å². The van der Waals surface area contributed by atoms with E-state index in [1.807, 2.05) is 0 Å². The van der Waals surface area contributed by atoms with E-state index in [-0.39, 0.29) is 0 Å². The van der Waals surface area contributed by atoms with Crippen LogP contribution in [0.5, 0.6) is 0 Å². The standard InChI is InChI=1S/C15H30N2/c1-12-6-7-15(10-13(12)2)16-11-14(3)17-8-4-5-9-17/h12-16H,4-11H2,1-3H3. The third-order valence-corrected chi connectivity index (χ3v) is 5.06. The zero-order valence-corrected chi connectivity index (χ0v) is 11.9. The minimum absolute atomic E-state index is 0.729. The maximum Gasteiger partial charge on any atom is 0.0192 e. The van der Waals surface area contributed by atoms with Gasteiger partial charge >= 0.3 is 0 Å². The SMILES string of the molecule is CC1CCC(NCC(C)N2CCCC2)CC1C. The first kappa shape index (κ1) is 13.4. The van der Waals surface area contributed by atoms with Gasteiger partial charge in [-0.3, -0.25) is 4.90 Å². The van der Waals surface area contributed by atoms with Crippen molar-refractivity contribution in [2.75, 3.05) is 19.6 Å². The molecule has 0 aromatic heterocycles. The van der Waals surface area contributed by atoms with Gasteiger partial charge in [-0.1, -0.05) is 13.8 Å². The number of nitrogens with zero attached hydrogens (tertiary/aromatic N) is 1. The third kappa shape index (κ3) is 3.69. The Balaban J connectivity index is 1.67. The van der Waals surface area contributed by atoms with Gasteiger partial charge in [0.15, 0.2) is 0 Å². The molecule has 4 unspecified atom stereocenters. The van der Waals surface area contributed by atoms with E-state index in [2.05, 4.69) is 31.0 Å². The predicted molar refractivity (Wildman–Crippen MR) is 74.2 cm³/mol. The number of likely N-dealkylation sites (tertiary alicyclic amines) is 1. The predicted octanol–water partition coefficient (Wildman–Crippen LogP) is 2.89. The molecule has 2 rings (SSSR count). The van der Waals surface area contributed by atoms with Crippen LogP contribution in [-0.4, -0.2) is 36.6 Å². The molecule has 1 saturated heterocycles. The van der Waals surface area contributed by atoms with Gasteiger partial charge in [0.05, 0.1) is 0 Å². The molecular weight excluding hydrogens is 208 g/mol. The summed E-state index contributed by atoms with van der Waals surface area (Å²) >= 11 is 0. The van der Waals surface area contributed by atoms with Crippen LogP contribution < -0.4 is 5.32 Å². The number of rotatable bonds is 4. The average Bonchev–Trinajstić information content (AvgIpc) is 2.84. The van der Waals surface area contributed by atoms with Gasteiger partial charge in [-0.15, -0.1) is 0 Å². The Morgan fingerprint density at radius 3 is 2.47 bits per heavy atom. The van der Waals surface area contributed by atoms with Crippen LogP contribution in [-0.2, 0) is 0 Å². The van der Waals surface area contributed by atoms with E-state index >= 15 is 0 Å². The zero-order chi connectivity index (χ0) is 12.3. The maximum absolute atomic E-state index is 3.81. The van der Waals surface area contributed by atoms with Crippen molar-refractivity contribution in [1.82, 2.24) is 10.2 Å². The van der Waals surface area contributed by atoms with Gasteiger partial charge < -0.3 is 5.32 Å². The second-order valence-electron chi connectivity index (χ2n) is 6.46. The highest BCUT2D eigenvalue weighted by atomic mass is 15.2. The largest absolute Gasteiger partial charge is 0.312 e. The Morgan fingerprint density at radius 2 is 1.82 bits per heavy atom. The molecule has 0 radical (unpaired) electrons. The molecule has 1 aliphatic carbocycles. The molecule has 17 heavy (non-hydrogen) atoms. The molecule has 0 bridgehead atoms. The van der Waals surface area contributed by atoms with Crippen LogP contribution in [0.2, 0.25) is 0 Å². The van der Waals surface area contributed by atoms with Crippen molar-refractivity contribution in [3.63, 3.8) is 0 Å². The zero-order valence-electron chi connectivity index (χ0n) is 11.9. The summed E-state index contributed by atoms with van der Waals surface area (Å²) in [6.07, 6.45) is 6.99. The lowest BCUT2D eigenvalue weighted by Gasteiger charge is -2.34. The van der Waals surface area contributed by atoms with Crippen LogP contribution in [0.1, 0.15) is 52.9 Å². The molecule has 1 N–H and O–H groups in total. The molecule has 0 spiro atoms. The van der Waals surface area contributed by atoms with Crippen molar-refractivity contribution in [3.8, 4) is 0 Å². The van der Waals surface area contributed by atoms with Crippen LogP contribution in [0.15, 0.2) is 0 Å². The van der Waals surface area contributed by atoms with E-state index in [1.165, 1.54) is 51.7 Å². The molecule has 2 nitrogen and oxygen atoms in total.